The molecule has 0 unspecified atom stereocenters. The van der Waals surface area contributed by atoms with E-state index in [1.807, 2.05) is 12.1 Å². The molecule has 0 amide bonds. The third-order valence-corrected chi connectivity index (χ3v) is 5.32. The second-order valence-corrected chi connectivity index (χ2v) is 7.04. The molecule has 0 saturated carbocycles. The average Bonchev–Trinajstić information content (AvgIpc) is 3.10. The number of H-pyrrole nitrogens is 1. The fourth-order valence-corrected chi connectivity index (χ4v) is 3.98. The Labute approximate surface area is 154 Å². The van der Waals surface area contributed by atoms with Crippen LogP contribution in [0.1, 0.15) is 18.4 Å². The van der Waals surface area contributed by atoms with E-state index in [-0.39, 0.29) is 5.41 Å². The van der Waals surface area contributed by atoms with Gasteiger partial charge in [0.15, 0.2) is 11.5 Å². The molecule has 25 heavy (non-hydrogen) atoms. The molecule has 0 radical (unpaired) electrons. The molecule has 1 fully saturated rings. The lowest BCUT2D eigenvalue weighted by Gasteiger charge is -2.38. The van der Waals surface area contributed by atoms with Crippen molar-refractivity contribution < 1.29 is 4.74 Å². The van der Waals surface area contributed by atoms with Crippen molar-refractivity contribution in [1.29, 1.82) is 0 Å². The summed E-state index contributed by atoms with van der Waals surface area (Å²) in [5.41, 5.74) is 2.39. The molecule has 1 aliphatic heterocycles. The lowest BCUT2D eigenvalue weighted by Crippen LogP contribution is -2.40. The number of imidazole rings is 1. The Balaban J connectivity index is 1.66. The first kappa shape index (κ1) is 16.6. The molecule has 2 aromatic heterocycles. The van der Waals surface area contributed by atoms with Crippen LogP contribution in [0.3, 0.4) is 0 Å². The van der Waals surface area contributed by atoms with Crippen molar-refractivity contribution >= 4 is 40.2 Å². The van der Waals surface area contributed by atoms with E-state index >= 15 is 0 Å². The van der Waals surface area contributed by atoms with Crippen LogP contribution in [0.4, 0.5) is 5.82 Å². The molecule has 3 heterocycles. The Morgan fingerprint density at radius 3 is 2.80 bits per heavy atom. The van der Waals surface area contributed by atoms with Crippen molar-refractivity contribution in [2.24, 2.45) is 0 Å². The highest BCUT2D eigenvalue weighted by Crippen LogP contribution is 2.40. The van der Waals surface area contributed by atoms with Crippen LogP contribution in [0.25, 0.3) is 11.2 Å². The van der Waals surface area contributed by atoms with Crippen molar-refractivity contribution in [3.63, 3.8) is 0 Å². The maximum atomic E-state index is 6.52. The third-order valence-electron chi connectivity index (χ3n) is 4.77. The van der Waals surface area contributed by atoms with E-state index < -0.39 is 0 Å². The molecule has 0 bridgehead atoms. The van der Waals surface area contributed by atoms with E-state index in [4.69, 9.17) is 27.9 Å². The van der Waals surface area contributed by atoms with Crippen LogP contribution in [0.5, 0.6) is 0 Å². The molecule has 130 valence electrons. The molecule has 0 atom stereocenters. The van der Waals surface area contributed by atoms with Crippen molar-refractivity contribution in [2.45, 2.75) is 18.3 Å². The fourth-order valence-electron chi connectivity index (χ4n) is 3.38. The predicted molar refractivity (Wildman–Crippen MR) is 98.4 cm³/mol. The maximum absolute atomic E-state index is 6.52. The van der Waals surface area contributed by atoms with E-state index in [1.54, 1.807) is 12.4 Å². The lowest BCUT2D eigenvalue weighted by atomic mass is 9.74. The average molecular weight is 378 g/mol. The summed E-state index contributed by atoms with van der Waals surface area (Å²) >= 11 is 12.6. The van der Waals surface area contributed by atoms with Gasteiger partial charge in [-0.15, -0.1) is 0 Å². The van der Waals surface area contributed by atoms with Crippen LogP contribution in [-0.4, -0.2) is 39.7 Å². The van der Waals surface area contributed by atoms with Crippen molar-refractivity contribution in [3.8, 4) is 0 Å². The van der Waals surface area contributed by atoms with Crippen molar-refractivity contribution in [1.82, 2.24) is 19.9 Å². The molecule has 8 heteroatoms. The van der Waals surface area contributed by atoms with Crippen LogP contribution < -0.4 is 5.32 Å². The Kier molecular flexibility index (Phi) is 4.50. The summed E-state index contributed by atoms with van der Waals surface area (Å²) < 4.78 is 5.58. The van der Waals surface area contributed by atoms with Gasteiger partial charge in [-0.25, -0.2) is 15.0 Å². The number of aromatic amines is 1. The Bertz CT molecular complexity index is 892. The van der Waals surface area contributed by atoms with Crippen LogP contribution in [0.2, 0.25) is 10.0 Å². The second kappa shape index (κ2) is 6.78. The Morgan fingerprint density at radius 1 is 1.16 bits per heavy atom. The number of nitrogens with zero attached hydrogens (tertiary/aromatic N) is 3. The molecule has 0 aliphatic carbocycles. The second-order valence-electron chi connectivity index (χ2n) is 6.19. The normalized spacial score (nSPS) is 16.9. The SMILES string of the molecule is Clc1ccc(C2(CNc3ncnc4nc[nH]c34)CCOCC2)c(Cl)c1. The van der Waals surface area contributed by atoms with Crippen molar-refractivity contribution in [2.75, 3.05) is 25.1 Å². The molecule has 6 nitrogen and oxygen atoms in total. The van der Waals surface area contributed by atoms with Crippen LogP contribution in [-0.2, 0) is 10.2 Å². The summed E-state index contributed by atoms with van der Waals surface area (Å²) in [4.78, 5) is 15.7. The standard InChI is InChI=1S/C17H17Cl2N5O/c18-11-1-2-12(13(19)7-11)17(3-5-25-6-4-17)8-20-15-14-16(22-9-21-14)24-10-23-15/h1-2,7,9-10H,3-6,8H2,(H2,20,21,22,23,24). The largest absolute Gasteiger partial charge is 0.381 e. The summed E-state index contributed by atoms with van der Waals surface area (Å²) in [7, 11) is 0. The quantitative estimate of drug-likeness (QED) is 0.722. The van der Waals surface area contributed by atoms with Gasteiger partial charge in [0.25, 0.3) is 0 Å². The number of ether oxygens (including phenoxy) is 1. The fraction of sp³-hybridized carbons (Fsp3) is 0.353. The van der Waals surface area contributed by atoms with Crippen molar-refractivity contribution in [3.05, 3.63) is 46.5 Å². The molecule has 4 rings (SSSR count). The number of halogens is 2. The van der Waals surface area contributed by atoms with E-state index in [9.17, 15) is 0 Å². The number of hydrogen-bond donors (Lipinski definition) is 2. The number of rotatable bonds is 4. The first-order chi connectivity index (χ1) is 12.2. The molecular formula is C17H17Cl2N5O. The number of anilines is 1. The first-order valence-corrected chi connectivity index (χ1v) is 8.85. The molecule has 1 aromatic carbocycles. The molecule has 1 aliphatic rings. The first-order valence-electron chi connectivity index (χ1n) is 8.09. The van der Waals surface area contributed by atoms with Gasteiger partial charge in [0.05, 0.1) is 6.33 Å². The highest BCUT2D eigenvalue weighted by atomic mass is 35.5. The van der Waals surface area contributed by atoms with Gasteiger partial charge in [-0.1, -0.05) is 29.3 Å². The topological polar surface area (TPSA) is 75.7 Å². The van der Waals surface area contributed by atoms with E-state index in [2.05, 4.69) is 25.3 Å². The van der Waals surface area contributed by atoms with Gasteiger partial charge < -0.3 is 15.0 Å². The molecule has 2 N–H and O–H groups in total. The molecular weight excluding hydrogens is 361 g/mol. The lowest BCUT2D eigenvalue weighted by molar-refractivity contribution is 0.0544. The summed E-state index contributed by atoms with van der Waals surface area (Å²) in [6.45, 7) is 2.08. The minimum Gasteiger partial charge on any atom is -0.381 e. The number of fused-ring (bicyclic) bond motifs is 1. The Morgan fingerprint density at radius 2 is 2.00 bits per heavy atom. The van der Waals surface area contributed by atoms with Gasteiger partial charge in [0, 0.05) is 35.2 Å². The number of hydrogen-bond acceptors (Lipinski definition) is 5. The number of aromatic nitrogens is 4. The molecule has 3 aromatic rings. The van der Waals surface area contributed by atoms with Gasteiger partial charge in [0.1, 0.15) is 11.8 Å². The predicted octanol–water partition coefficient (Wildman–Crippen LogP) is 3.82. The minimum absolute atomic E-state index is 0.142. The van der Waals surface area contributed by atoms with Crippen LogP contribution in [0.15, 0.2) is 30.9 Å². The van der Waals surface area contributed by atoms with E-state index in [0.717, 1.165) is 29.7 Å². The van der Waals surface area contributed by atoms with E-state index in [1.165, 1.54) is 6.33 Å². The summed E-state index contributed by atoms with van der Waals surface area (Å²) in [5, 5.41) is 4.78. The number of benzene rings is 1. The zero-order chi connectivity index (χ0) is 17.3. The molecule has 0 spiro atoms. The van der Waals surface area contributed by atoms with Gasteiger partial charge in [-0.05, 0) is 30.5 Å². The minimum atomic E-state index is -0.142. The maximum Gasteiger partial charge on any atom is 0.182 e. The third kappa shape index (κ3) is 3.17. The Hall–Kier alpha value is -1.89. The van der Waals surface area contributed by atoms with Crippen LogP contribution >= 0.6 is 23.2 Å². The zero-order valence-electron chi connectivity index (χ0n) is 13.4. The van der Waals surface area contributed by atoms with E-state index in [0.29, 0.717) is 35.5 Å². The van der Waals surface area contributed by atoms with Crippen LogP contribution in [0, 0.1) is 0 Å². The number of nitrogens with one attached hydrogen (secondary N) is 2. The highest BCUT2D eigenvalue weighted by Gasteiger charge is 2.36. The van der Waals surface area contributed by atoms with Gasteiger partial charge in [-0.2, -0.15) is 0 Å². The highest BCUT2D eigenvalue weighted by molar-refractivity contribution is 6.35. The summed E-state index contributed by atoms with van der Waals surface area (Å²) in [6, 6.07) is 5.70. The monoisotopic (exact) mass is 377 g/mol. The summed E-state index contributed by atoms with van der Waals surface area (Å²) in [6.07, 6.45) is 4.87. The molecule has 1 saturated heterocycles. The zero-order valence-corrected chi connectivity index (χ0v) is 14.9. The van der Waals surface area contributed by atoms with Gasteiger partial charge >= 0.3 is 0 Å². The summed E-state index contributed by atoms with van der Waals surface area (Å²) in [5.74, 6) is 0.735. The van der Waals surface area contributed by atoms with Gasteiger partial charge in [0.2, 0.25) is 0 Å². The smallest absolute Gasteiger partial charge is 0.182 e. The van der Waals surface area contributed by atoms with Gasteiger partial charge in [-0.3, -0.25) is 0 Å².